The number of amides is 1. The maximum absolute atomic E-state index is 12.0. The van der Waals surface area contributed by atoms with Crippen LogP contribution in [-0.4, -0.2) is 17.6 Å². The van der Waals surface area contributed by atoms with Crippen molar-refractivity contribution in [3.8, 4) is 0 Å². The number of aliphatic hydroxyl groups is 1. The predicted molar refractivity (Wildman–Crippen MR) is 78.2 cm³/mol. The molecule has 0 spiro atoms. The van der Waals surface area contributed by atoms with Gasteiger partial charge >= 0.3 is 0 Å². The lowest BCUT2D eigenvalue weighted by atomic mass is 9.89. The quantitative estimate of drug-likeness (QED) is 0.871. The second kappa shape index (κ2) is 7.06. The lowest BCUT2D eigenvalue weighted by Crippen LogP contribution is -2.33. The molecule has 106 valence electrons. The maximum atomic E-state index is 12.0. The molecular formula is C15H23NO2S. The van der Waals surface area contributed by atoms with Gasteiger partial charge in [0.05, 0.1) is 6.10 Å². The third-order valence-electron chi connectivity index (χ3n) is 3.74. The van der Waals surface area contributed by atoms with Gasteiger partial charge in [-0.3, -0.25) is 4.79 Å². The second-order valence-electron chi connectivity index (χ2n) is 5.36. The van der Waals surface area contributed by atoms with Gasteiger partial charge in [0.2, 0.25) is 5.91 Å². The highest BCUT2D eigenvalue weighted by Crippen LogP contribution is 2.24. The van der Waals surface area contributed by atoms with Crippen molar-refractivity contribution in [2.45, 2.75) is 51.6 Å². The van der Waals surface area contributed by atoms with E-state index in [1.165, 1.54) is 24.1 Å². The summed E-state index contributed by atoms with van der Waals surface area (Å²) in [7, 11) is 0. The molecule has 3 nitrogen and oxygen atoms in total. The van der Waals surface area contributed by atoms with Crippen molar-refractivity contribution in [3.63, 3.8) is 0 Å². The largest absolute Gasteiger partial charge is 0.388 e. The van der Waals surface area contributed by atoms with Gasteiger partial charge in [0, 0.05) is 22.2 Å². The fourth-order valence-corrected chi connectivity index (χ4v) is 3.52. The van der Waals surface area contributed by atoms with E-state index >= 15 is 0 Å². The molecule has 1 aliphatic rings. The zero-order valence-corrected chi connectivity index (χ0v) is 12.3. The van der Waals surface area contributed by atoms with E-state index in [-0.39, 0.29) is 11.8 Å². The van der Waals surface area contributed by atoms with Gasteiger partial charge in [0.15, 0.2) is 0 Å². The number of rotatable bonds is 5. The van der Waals surface area contributed by atoms with Crippen LogP contribution in [0.25, 0.3) is 0 Å². The molecule has 2 N–H and O–H groups in total. The Morgan fingerprint density at radius 2 is 2.16 bits per heavy atom. The van der Waals surface area contributed by atoms with E-state index in [1.54, 1.807) is 18.3 Å². The molecule has 0 saturated heterocycles. The number of hydrogen-bond acceptors (Lipinski definition) is 3. The topological polar surface area (TPSA) is 49.3 Å². The maximum Gasteiger partial charge on any atom is 0.223 e. The van der Waals surface area contributed by atoms with Gasteiger partial charge < -0.3 is 10.4 Å². The number of hydrogen-bond donors (Lipinski definition) is 2. The number of nitrogens with one attached hydrogen (secondary N) is 1. The molecule has 0 aromatic carbocycles. The van der Waals surface area contributed by atoms with Crippen molar-refractivity contribution in [2.75, 3.05) is 6.54 Å². The molecule has 1 amide bonds. The van der Waals surface area contributed by atoms with Crippen LogP contribution < -0.4 is 5.32 Å². The van der Waals surface area contributed by atoms with Crippen molar-refractivity contribution in [2.24, 2.45) is 5.92 Å². The second-order valence-corrected chi connectivity index (χ2v) is 6.56. The minimum absolute atomic E-state index is 0.229. The first kappa shape index (κ1) is 14.5. The Bertz CT molecular complexity index is 408. The minimum atomic E-state index is -0.393. The summed E-state index contributed by atoms with van der Waals surface area (Å²) in [5.74, 6) is 0.470. The lowest BCUT2D eigenvalue weighted by molar-refractivity contribution is -0.125. The van der Waals surface area contributed by atoms with Gasteiger partial charge in [-0.15, -0.1) is 11.3 Å². The Balaban J connectivity index is 1.71. The molecule has 1 heterocycles. The van der Waals surface area contributed by atoms with Gasteiger partial charge in [0.25, 0.3) is 0 Å². The summed E-state index contributed by atoms with van der Waals surface area (Å²) >= 11 is 1.63. The molecule has 19 heavy (non-hydrogen) atoms. The fourth-order valence-electron chi connectivity index (χ4n) is 2.57. The van der Waals surface area contributed by atoms with Crippen LogP contribution in [0.2, 0.25) is 0 Å². The smallest absolute Gasteiger partial charge is 0.223 e. The van der Waals surface area contributed by atoms with Gasteiger partial charge in [-0.25, -0.2) is 0 Å². The summed E-state index contributed by atoms with van der Waals surface area (Å²) in [5, 5.41) is 12.5. The molecule has 0 unspecified atom stereocenters. The zero-order chi connectivity index (χ0) is 13.7. The summed E-state index contributed by atoms with van der Waals surface area (Å²) in [6.45, 7) is 2.48. The highest BCUT2D eigenvalue weighted by atomic mass is 32.1. The van der Waals surface area contributed by atoms with E-state index in [2.05, 4.69) is 5.32 Å². The van der Waals surface area contributed by atoms with Gasteiger partial charge in [-0.05, 0) is 38.3 Å². The average Bonchev–Trinajstić information content (AvgIpc) is 2.89. The van der Waals surface area contributed by atoms with Crippen LogP contribution in [0.4, 0.5) is 0 Å². The molecule has 4 heteroatoms. The monoisotopic (exact) mass is 281 g/mol. The van der Waals surface area contributed by atoms with Crippen molar-refractivity contribution >= 4 is 17.2 Å². The van der Waals surface area contributed by atoms with Crippen LogP contribution in [0, 0.1) is 5.92 Å². The predicted octanol–water partition coefficient (Wildman–Crippen LogP) is 3.04. The first-order valence-corrected chi connectivity index (χ1v) is 8.03. The summed E-state index contributed by atoms with van der Waals surface area (Å²) in [6, 6.07) is 4.01. The molecule has 1 fully saturated rings. The number of aliphatic hydroxyl groups excluding tert-OH is 1. The normalized spacial score (nSPS) is 18.2. The molecule has 2 rings (SSSR count). The molecular weight excluding hydrogens is 258 g/mol. The van der Waals surface area contributed by atoms with Gasteiger partial charge in [-0.1, -0.05) is 19.3 Å². The van der Waals surface area contributed by atoms with E-state index in [0.29, 0.717) is 6.54 Å². The first-order chi connectivity index (χ1) is 9.16. The molecule has 0 radical (unpaired) electrons. The number of thiophene rings is 1. The summed E-state index contributed by atoms with van der Waals surface area (Å²) < 4.78 is 0. The lowest BCUT2D eigenvalue weighted by Gasteiger charge is -2.20. The van der Waals surface area contributed by atoms with Crippen molar-refractivity contribution in [1.82, 2.24) is 5.32 Å². The third-order valence-corrected chi connectivity index (χ3v) is 5.06. The Kier molecular flexibility index (Phi) is 5.40. The molecule has 0 aliphatic heterocycles. The van der Waals surface area contributed by atoms with E-state index in [1.807, 2.05) is 12.1 Å². The van der Waals surface area contributed by atoms with E-state index in [0.717, 1.165) is 24.1 Å². The Hall–Kier alpha value is -0.870. The van der Waals surface area contributed by atoms with E-state index < -0.39 is 6.10 Å². The highest BCUT2D eigenvalue weighted by Gasteiger charge is 2.20. The van der Waals surface area contributed by atoms with Crippen LogP contribution >= 0.6 is 11.3 Å². The number of carbonyl (C=O) groups excluding carboxylic acids is 1. The fraction of sp³-hybridized carbons (Fsp3) is 0.667. The Labute approximate surface area is 119 Å². The molecule has 1 saturated carbocycles. The molecule has 1 atom stereocenters. The summed E-state index contributed by atoms with van der Waals surface area (Å²) in [5.41, 5.74) is 0. The standard InChI is InChI=1S/C15H23NO2S/c1-11(17)14-8-7-13(19-14)9-10-16-15(18)12-5-3-2-4-6-12/h7-8,11-12,17H,2-6,9-10H2,1H3,(H,16,18)/t11-/m1/s1. The minimum Gasteiger partial charge on any atom is -0.388 e. The molecule has 1 aromatic heterocycles. The average molecular weight is 281 g/mol. The van der Waals surface area contributed by atoms with Crippen LogP contribution in [-0.2, 0) is 11.2 Å². The summed E-state index contributed by atoms with van der Waals surface area (Å²) in [4.78, 5) is 14.2. The van der Waals surface area contributed by atoms with Crippen LogP contribution in [0.1, 0.15) is 54.9 Å². The molecule has 1 aromatic rings. The third kappa shape index (κ3) is 4.32. The van der Waals surface area contributed by atoms with Crippen LogP contribution in [0.5, 0.6) is 0 Å². The molecule has 1 aliphatic carbocycles. The van der Waals surface area contributed by atoms with Gasteiger partial charge in [0.1, 0.15) is 0 Å². The van der Waals surface area contributed by atoms with Crippen molar-refractivity contribution in [1.29, 1.82) is 0 Å². The van der Waals surface area contributed by atoms with Crippen molar-refractivity contribution < 1.29 is 9.90 Å². The van der Waals surface area contributed by atoms with Crippen LogP contribution in [0.3, 0.4) is 0 Å². The number of carbonyl (C=O) groups is 1. The van der Waals surface area contributed by atoms with E-state index in [4.69, 9.17) is 0 Å². The SMILES string of the molecule is C[C@@H](O)c1ccc(CCNC(=O)C2CCCCC2)s1. The van der Waals surface area contributed by atoms with E-state index in [9.17, 15) is 9.90 Å². The van der Waals surface area contributed by atoms with Gasteiger partial charge in [-0.2, -0.15) is 0 Å². The highest BCUT2D eigenvalue weighted by molar-refractivity contribution is 7.12. The van der Waals surface area contributed by atoms with Crippen LogP contribution in [0.15, 0.2) is 12.1 Å². The zero-order valence-electron chi connectivity index (χ0n) is 11.5. The van der Waals surface area contributed by atoms with Crippen molar-refractivity contribution in [3.05, 3.63) is 21.9 Å². The first-order valence-electron chi connectivity index (χ1n) is 7.21. The Morgan fingerprint density at radius 1 is 1.42 bits per heavy atom. The Morgan fingerprint density at radius 3 is 2.79 bits per heavy atom. The molecule has 0 bridgehead atoms. The summed E-state index contributed by atoms with van der Waals surface area (Å²) in [6.07, 6.45) is 6.24.